The van der Waals surface area contributed by atoms with E-state index in [1.165, 1.54) is 18.2 Å². The van der Waals surface area contributed by atoms with Crippen molar-refractivity contribution in [2.75, 3.05) is 11.9 Å². The first-order valence-corrected chi connectivity index (χ1v) is 12.7. The molecule has 2 aromatic rings. The first-order chi connectivity index (χ1) is 16.0. The van der Waals surface area contributed by atoms with Crippen LogP contribution in [0.2, 0.25) is 5.02 Å². The Morgan fingerprint density at radius 1 is 1.12 bits per heavy atom. The molecule has 0 radical (unpaired) electrons. The number of aliphatic hydroxyl groups excluding tert-OH is 2. The molecule has 34 heavy (non-hydrogen) atoms. The molecular weight excluding hydrogens is 492 g/mol. The summed E-state index contributed by atoms with van der Waals surface area (Å²) in [5.74, 6) is -3.96. The Bertz CT molecular complexity index is 1210. The highest BCUT2D eigenvalue weighted by Crippen LogP contribution is 2.53. The highest BCUT2D eigenvalue weighted by molar-refractivity contribution is 7.92. The number of carbonyl (C=O) groups is 1. The topological polar surface area (TPSA) is 124 Å². The lowest BCUT2D eigenvalue weighted by atomic mass is 9.71. The summed E-state index contributed by atoms with van der Waals surface area (Å²) in [5, 5.41) is 31.9. The summed E-state index contributed by atoms with van der Waals surface area (Å²) in [6.07, 6.45) is -0.161. The molecule has 7 nitrogen and oxygen atoms in total. The molecule has 2 aliphatic carbocycles. The third-order valence-corrected chi connectivity index (χ3v) is 9.74. The standard InChI is InChI=1S/C23H24ClF2NO6S/c24-17-5-1-12(22(30)27-15-4-6-18(25)19(26)10-15)7-20(17)34(32,33)16-8-13-2-3-14(9-16)23(13,31)21(29)11-28/h1,4-7,10,13-14,16,21,28-29,31H,2-3,8-9,11H2,(H,27,30)/t13-,14?,16?,21?,23?/m0/s1. The molecular formula is C23H24ClF2NO6S. The number of carbonyl (C=O) groups excluding carboxylic acids is 1. The van der Waals surface area contributed by atoms with Crippen LogP contribution in [0.1, 0.15) is 36.0 Å². The van der Waals surface area contributed by atoms with Crippen LogP contribution in [0.15, 0.2) is 41.3 Å². The van der Waals surface area contributed by atoms with Gasteiger partial charge in [0, 0.05) is 17.3 Å². The molecule has 0 saturated heterocycles. The van der Waals surface area contributed by atoms with Gasteiger partial charge in [-0.3, -0.25) is 4.79 Å². The van der Waals surface area contributed by atoms with Gasteiger partial charge in [0.1, 0.15) is 6.10 Å². The number of hydrogen-bond acceptors (Lipinski definition) is 6. The first-order valence-electron chi connectivity index (χ1n) is 10.8. The zero-order valence-electron chi connectivity index (χ0n) is 17.9. The highest BCUT2D eigenvalue weighted by atomic mass is 35.5. The van der Waals surface area contributed by atoms with Crippen LogP contribution >= 0.6 is 11.6 Å². The van der Waals surface area contributed by atoms with E-state index in [4.69, 9.17) is 11.6 Å². The van der Waals surface area contributed by atoms with E-state index in [1.54, 1.807) is 0 Å². The number of sulfone groups is 1. The van der Waals surface area contributed by atoms with E-state index in [2.05, 4.69) is 5.32 Å². The van der Waals surface area contributed by atoms with Crippen molar-refractivity contribution in [3.8, 4) is 0 Å². The SMILES string of the molecule is O=C(Nc1ccc(F)c(F)c1)c1ccc(Cl)c(S(=O)(=O)C2CC3CC[C@@H](C2)C3(O)C(O)CO)c1. The van der Waals surface area contributed by atoms with Gasteiger partial charge in [0.2, 0.25) is 0 Å². The van der Waals surface area contributed by atoms with E-state index in [-0.39, 0.29) is 34.0 Å². The van der Waals surface area contributed by atoms with Gasteiger partial charge in [0.25, 0.3) is 5.91 Å². The summed E-state index contributed by atoms with van der Waals surface area (Å²) < 4.78 is 53.5. The van der Waals surface area contributed by atoms with Crippen LogP contribution in [0.3, 0.4) is 0 Å². The van der Waals surface area contributed by atoms with Gasteiger partial charge in [-0.1, -0.05) is 11.6 Å². The van der Waals surface area contributed by atoms with Crippen LogP contribution in [0.4, 0.5) is 14.5 Å². The fraction of sp³-hybridized carbons (Fsp3) is 0.435. The molecule has 0 aliphatic heterocycles. The molecule has 0 aromatic heterocycles. The fourth-order valence-corrected chi connectivity index (χ4v) is 7.71. The molecule has 5 atom stereocenters. The second kappa shape index (κ2) is 9.16. The van der Waals surface area contributed by atoms with Crippen LogP contribution < -0.4 is 5.32 Å². The number of halogens is 3. The van der Waals surface area contributed by atoms with Crippen molar-refractivity contribution in [2.24, 2.45) is 11.8 Å². The molecule has 2 bridgehead atoms. The smallest absolute Gasteiger partial charge is 0.255 e. The molecule has 2 fully saturated rings. The first kappa shape index (κ1) is 25.0. The maximum Gasteiger partial charge on any atom is 0.255 e. The molecule has 11 heteroatoms. The van der Waals surface area contributed by atoms with Gasteiger partial charge >= 0.3 is 0 Å². The van der Waals surface area contributed by atoms with Crippen LogP contribution in [0.25, 0.3) is 0 Å². The Kier molecular flexibility index (Phi) is 6.73. The van der Waals surface area contributed by atoms with Crippen molar-refractivity contribution in [1.82, 2.24) is 0 Å². The number of rotatable bonds is 6. The molecule has 2 aliphatic rings. The van der Waals surface area contributed by atoms with Crippen molar-refractivity contribution in [1.29, 1.82) is 0 Å². The molecule has 2 aromatic carbocycles. The van der Waals surface area contributed by atoms with Crippen LogP contribution in [0, 0.1) is 23.5 Å². The van der Waals surface area contributed by atoms with Gasteiger partial charge in [-0.25, -0.2) is 17.2 Å². The predicted octanol–water partition coefficient (Wildman–Crippen LogP) is 2.92. The number of anilines is 1. The van der Waals surface area contributed by atoms with Gasteiger partial charge < -0.3 is 20.6 Å². The summed E-state index contributed by atoms with van der Waals surface area (Å²) in [6, 6.07) is 6.56. The number of hydrogen-bond donors (Lipinski definition) is 4. The summed E-state index contributed by atoms with van der Waals surface area (Å²) >= 11 is 6.20. The van der Waals surface area contributed by atoms with Crippen LogP contribution in [0.5, 0.6) is 0 Å². The van der Waals surface area contributed by atoms with Gasteiger partial charge in [0.05, 0.1) is 27.4 Å². The number of aliphatic hydroxyl groups is 3. The predicted molar refractivity (Wildman–Crippen MR) is 120 cm³/mol. The second-order valence-electron chi connectivity index (χ2n) is 8.92. The van der Waals surface area contributed by atoms with E-state index in [0.29, 0.717) is 12.8 Å². The summed E-state index contributed by atoms with van der Waals surface area (Å²) in [6.45, 7) is -0.623. The zero-order valence-corrected chi connectivity index (χ0v) is 19.5. The Hall–Kier alpha value is -2.11. The average molecular weight is 516 g/mol. The lowest BCUT2D eigenvalue weighted by molar-refractivity contribution is -0.154. The lowest BCUT2D eigenvalue weighted by Crippen LogP contribution is -2.56. The molecule has 4 rings (SSSR count). The monoisotopic (exact) mass is 515 g/mol. The van der Waals surface area contributed by atoms with Crippen molar-refractivity contribution < 1.29 is 37.3 Å². The Balaban J connectivity index is 1.59. The Morgan fingerprint density at radius 3 is 2.35 bits per heavy atom. The van der Waals surface area contributed by atoms with E-state index in [1.807, 2.05) is 0 Å². The summed E-state index contributed by atoms with van der Waals surface area (Å²) in [4.78, 5) is 12.4. The quantitative estimate of drug-likeness (QED) is 0.469. The van der Waals surface area contributed by atoms with Gasteiger partial charge in [-0.15, -0.1) is 0 Å². The van der Waals surface area contributed by atoms with Crippen LogP contribution in [-0.4, -0.2) is 53.2 Å². The molecule has 1 amide bonds. The van der Waals surface area contributed by atoms with Gasteiger partial charge in [-0.2, -0.15) is 0 Å². The molecule has 184 valence electrons. The molecule has 4 unspecified atom stereocenters. The minimum Gasteiger partial charge on any atom is -0.394 e. The largest absolute Gasteiger partial charge is 0.394 e. The minimum absolute atomic E-state index is 0.00570. The normalized spacial score (nSPS) is 27.4. The zero-order chi connectivity index (χ0) is 24.8. The average Bonchev–Trinajstić information content (AvgIpc) is 2.97. The van der Waals surface area contributed by atoms with Crippen molar-refractivity contribution in [3.05, 3.63) is 58.6 Å². The highest BCUT2D eigenvalue weighted by Gasteiger charge is 2.58. The maximum absolute atomic E-state index is 13.5. The Morgan fingerprint density at radius 2 is 1.76 bits per heavy atom. The van der Waals surface area contributed by atoms with Crippen molar-refractivity contribution >= 4 is 33.0 Å². The van der Waals surface area contributed by atoms with Crippen molar-refractivity contribution in [2.45, 2.75) is 47.5 Å². The number of benzene rings is 2. The van der Waals surface area contributed by atoms with E-state index in [0.717, 1.165) is 18.2 Å². The van der Waals surface area contributed by atoms with E-state index < -0.39 is 62.8 Å². The molecule has 2 saturated carbocycles. The van der Waals surface area contributed by atoms with E-state index in [9.17, 15) is 37.3 Å². The van der Waals surface area contributed by atoms with Gasteiger partial charge in [0.15, 0.2) is 21.5 Å². The lowest BCUT2D eigenvalue weighted by Gasteiger charge is -2.44. The van der Waals surface area contributed by atoms with E-state index >= 15 is 0 Å². The molecule has 4 N–H and O–H groups in total. The van der Waals surface area contributed by atoms with Crippen LogP contribution in [-0.2, 0) is 9.84 Å². The van der Waals surface area contributed by atoms with Crippen molar-refractivity contribution in [3.63, 3.8) is 0 Å². The maximum atomic E-state index is 13.5. The number of fused-ring (bicyclic) bond motifs is 2. The minimum atomic E-state index is -4.02. The second-order valence-corrected chi connectivity index (χ2v) is 11.5. The summed E-state index contributed by atoms with van der Waals surface area (Å²) in [7, 11) is -4.02. The number of amides is 1. The third kappa shape index (κ3) is 4.22. The van der Waals surface area contributed by atoms with Gasteiger partial charge in [-0.05, 0) is 67.9 Å². The number of nitrogens with one attached hydrogen (secondary N) is 1. The molecule has 0 spiro atoms. The summed E-state index contributed by atoms with van der Waals surface area (Å²) in [5.41, 5.74) is -1.59. The Labute approximate surface area is 200 Å². The molecule has 0 heterocycles. The third-order valence-electron chi connectivity index (χ3n) is 7.09. The fourth-order valence-electron chi connectivity index (χ4n) is 5.31.